The van der Waals surface area contributed by atoms with Gasteiger partial charge in [0.1, 0.15) is 5.82 Å². The minimum atomic E-state index is -0.649. The van der Waals surface area contributed by atoms with Gasteiger partial charge in [-0.05, 0) is 42.8 Å². The van der Waals surface area contributed by atoms with Gasteiger partial charge in [-0.1, -0.05) is 6.07 Å². The van der Waals surface area contributed by atoms with Crippen molar-refractivity contribution in [3.8, 4) is 6.07 Å². The van der Waals surface area contributed by atoms with E-state index in [4.69, 9.17) is 11.0 Å². The molecule has 3 N–H and O–H groups in total. The lowest BCUT2D eigenvalue weighted by molar-refractivity contribution is 0.100. The van der Waals surface area contributed by atoms with Gasteiger partial charge in [0.2, 0.25) is 0 Å². The molecule has 0 atom stereocenters. The van der Waals surface area contributed by atoms with Crippen molar-refractivity contribution in [2.24, 2.45) is 5.73 Å². The van der Waals surface area contributed by atoms with Gasteiger partial charge in [0.05, 0.1) is 28.6 Å². The van der Waals surface area contributed by atoms with Crippen LogP contribution in [0, 0.1) is 24.1 Å². The van der Waals surface area contributed by atoms with Crippen LogP contribution in [0.15, 0.2) is 36.4 Å². The van der Waals surface area contributed by atoms with E-state index in [-0.39, 0.29) is 11.3 Å². The van der Waals surface area contributed by atoms with Gasteiger partial charge < -0.3 is 11.1 Å². The monoisotopic (exact) mass is 269 g/mol. The van der Waals surface area contributed by atoms with E-state index in [9.17, 15) is 9.18 Å². The van der Waals surface area contributed by atoms with Gasteiger partial charge >= 0.3 is 0 Å². The highest BCUT2D eigenvalue weighted by Crippen LogP contribution is 2.24. The van der Waals surface area contributed by atoms with Crippen LogP contribution in [0.5, 0.6) is 0 Å². The number of nitrogens with zero attached hydrogens (tertiary/aromatic N) is 1. The van der Waals surface area contributed by atoms with Crippen LogP contribution in [-0.4, -0.2) is 5.91 Å². The maximum absolute atomic E-state index is 13.8. The average Bonchev–Trinajstić information content (AvgIpc) is 2.41. The van der Waals surface area contributed by atoms with E-state index < -0.39 is 11.7 Å². The number of hydrogen-bond donors (Lipinski definition) is 2. The Balaban J connectivity index is 2.46. The standard InChI is InChI=1S/C15H12FN3O/c1-9-2-5-13(12(16)6-9)19-14-7-10(8-17)3-4-11(14)15(18)20/h2-7,19H,1H3,(H2,18,20). The first-order chi connectivity index (χ1) is 9.51. The molecule has 0 saturated carbocycles. The van der Waals surface area contributed by atoms with Gasteiger partial charge in [-0.25, -0.2) is 4.39 Å². The minimum absolute atomic E-state index is 0.198. The topological polar surface area (TPSA) is 78.9 Å². The molecule has 100 valence electrons. The molecule has 5 heteroatoms. The number of aryl methyl sites for hydroxylation is 1. The zero-order valence-electron chi connectivity index (χ0n) is 10.8. The summed E-state index contributed by atoms with van der Waals surface area (Å²) in [6.45, 7) is 1.78. The third kappa shape index (κ3) is 2.75. The summed E-state index contributed by atoms with van der Waals surface area (Å²) in [5, 5.41) is 11.7. The Bertz CT molecular complexity index is 720. The van der Waals surface area contributed by atoms with Crippen LogP contribution in [-0.2, 0) is 0 Å². The van der Waals surface area contributed by atoms with Crippen LogP contribution in [0.3, 0.4) is 0 Å². The van der Waals surface area contributed by atoms with Gasteiger partial charge in [-0.2, -0.15) is 5.26 Å². The van der Waals surface area contributed by atoms with Crippen LogP contribution >= 0.6 is 0 Å². The van der Waals surface area contributed by atoms with Crippen LogP contribution < -0.4 is 11.1 Å². The molecule has 0 aliphatic heterocycles. The lowest BCUT2D eigenvalue weighted by Crippen LogP contribution is -2.13. The zero-order chi connectivity index (χ0) is 14.7. The zero-order valence-corrected chi connectivity index (χ0v) is 10.8. The van der Waals surface area contributed by atoms with Crippen molar-refractivity contribution in [2.45, 2.75) is 6.92 Å². The number of amides is 1. The number of carbonyl (C=O) groups is 1. The fraction of sp³-hybridized carbons (Fsp3) is 0.0667. The van der Waals surface area contributed by atoms with Crippen molar-refractivity contribution < 1.29 is 9.18 Å². The third-order valence-electron chi connectivity index (χ3n) is 2.81. The van der Waals surface area contributed by atoms with E-state index in [0.717, 1.165) is 5.56 Å². The second kappa shape index (κ2) is 5.41. The summed E-state index contributed by atoms with van der Waals surface area (Å²) in [4.78, 5) is 11.4. The number of anilines is 2. The summed E-state index contributed by atoms with van der Waals surface area (Å²) in [6, 6.07) is 11.0. The largest absolute Gasteiger partial charge is 0.366 e. The molecule has 0 saturated heterocycles. The van der Waals surface area contributed by atoms with Gasteiger partial charge in [-0.15, -0.1) is 0 Å². The molecule has 1 amide bonds. The smallest absolute Gasteiger partial charge is 0.250 e. The van der Waals surface area contributed by atoms with Gasteiger partial charge in [0.25, 0.3) is 5.91 Å². The number of benzene rings is 2. The number of rotatable bonds is 3. The second-order valence-electron chi connectivity index (χ2n) is 4.34. The molecule has 0 aliphatic carbocycles. The van der Waals surface area contributed by atoms with Crippen molar-refractivity contribution in [3.63, 3.8) is 0 Å². The Morgan fingerprint density at radius 2 is 2.00 bits per heavy atom. The fourth-order valence-electron chi connectivity index (χ4n) is 1.80. The summed E-state index contributed by atoms with van der Waals surface area (Å²) in [5.41, 5.74) is 7.12. The highest BCUT2D eigenvalue weighted by Gasteiger charge is 2.11. The number of nitriles is 1. The summed E-state index contributed by atoms with van der Waals surface area (Å²) >= 11 is 0. The number of nitrogens with two attached hydrogens (primary N) is 1. The molecule has 0 unspecified atom stereocenters. The lowest BCUT2D eigenvalue weighted by Gasteiger charge is -2.11. The van der Waals surface area contributed by atoms with Gasteiger partial charge in [-0.3, -0.25) is 4.79 Å². The molecule has 4 nitrogen and oxygen atoms in total. The molecule has 2 aromatic rings. The van der Waals surface area contributed by atoms with Crippen LogP contribution in [0.1, 0.15) is 21.5 Å². The molecular formula is C15H12FN3O. The summed E-state index contributed by atoms with van der Waals surface area (Å²) in [6.07, 6.45) is 0. The maximum Gasteiger partial charge on any atom is 0.250 e. The summed E-state index contributed by atoms with van der Waals surface area (Å²) < 4.78 is 13.8. The number of nitrogens with one attached hydrogen (secondary N) is 1. The van der Waals surface area contributed by atoms with Gasteiger partial charge in [0, 0.05) is 0 Å². The van der Waals surface area contributed by atoms with E-state index >= 15 is 0 Å². The van der Waals surface area contributed by atoms with Crippen LogP contribution in [0.2, 0.25) is 0 Å². The van der Waals surface area contributed by atoms with Crippen molar-refractivity contribution in [3.05, 3.63) is 58.9 Å². The number of hydrogen-bond acceptors (Lipinski definition) is 3. The first-order valence-electron chi connectivity index (χ1n) is 5.88. The molecule has 0 fully saturated rings. The summed E-state index contributed by atoms with van der Waals surface area (Å²) in [5.74, 6) is -1.09. The predicted molar refractivity (Wildman–Crippen MR) is 74.1 cm³/mol. The SMILES string of the molecule is Cc1ccc(Nc2cc(C#N)ccc2C(N)=O)c(F)c1. The molecule has 0 heterocycles. The summed E-state index contributed by atoms with van der Waals surface area (Å²) in [7, 11) is 0. The third-order valence-corrected chi connectivity index (χ3v) is 2.81. The quantitative estimate of drug-likeness (QED) is 0.899. The molecule has 0 aromatic heterocycles. The Morgan fingerprint density at radius 1 is 1.25 bits per heavy atom. The Hall–Kier alpha value is -2.87. The first kappa shape index (κ1) is 13.6. The highest BCUT2D eigenvalue weighted by molar-refractivity contribution is 5.99. The molecule has 0 aliphatic rings. The highest BCUT2D eigenvalue weighted by atomic mass is 19.1. The molecule has 2 rings (SSSR count). The Labute approximate surface area is 115 Å². The minimum Gasteiger partial charge on any atom is -0.366 e. The Morgan fingerprint density at radius 3 is 2.60 bits per heavy atom. The van der Waals surface area contributed by atoms with E-state index in [1.807, 2.05) is 6.07 Å². The fourth-order valence-corrected chi connectivity index (χ4v) is 1.80. The number of primary amides is 1. The molecule has 0 radical (unpaired) electrons. The van der Waals surface area contributed by atoms with Crippen molar-refractivity contribution in [2.75, 3.05) is 5.32 Å². The van der Waals surface area contributed by atoms with E-state index in [1.54, 1.807) is 19.1 Å². The second-order valence-corrected chi connectivity index (χ2v) is 4.34. The van der Waals surface area contributed by atoms with Crippen molar-refractivity contribution in [1.82, 2.24) is 0 Å². The van der Waals surface area contributed by atoms with E-state index in [1.165, 1.54) is 24.3 Å². The van der Waals surface area contributed by atoms with E-state index in [0.29, 0.717) is 11.3 Å². The molecular weight excluding hydrogens is 257 g/mol. The predicted octanol–water partition coefficient (Wildman–Crippen LogP) is 2.85. The maximum atomic E-state index is 13.8. The molecule has 2 aromatic carbocycles. The van der Waals surface area contributed by atoms with Crippen LogP contribution in [0.4, 0.5) is 15.8 Å². The van der Waals surface area contributed by atoms with Crippen molar-refractivity contribution >= 4 is 17.3 Å². The first-order valence-corrected chi connectivity index (χ1v) is 5.88. The number of carbonyl (C=O) groups excluding carboxylic acids is 1. The Kier molecular flexibility index (Phi) is 3.67. The molecule has 0 bridgehead atoms. The molecule has 0 spiro atoms. The normalized spacial score (nSPS) is 9.85. The van der Waals surface area contributed by atoms with Crippen LogP contribution in [0.25, 0.3) is 0 Å². The lowest BCUT2D eigenvalue weighted by atomic mass is 10.1. The number of halogens is 1. The van der Waals surface area contributed by atoms with Gasteiger partial charge in [0.15, 0.2) is 0 Å². The van der Waals surface area contributed by atoms with Crippen molar-refractivity contribution in [1.29, 1.82) is 5.26 Å². The molecule has 20 heavy (non-hydrogen) atoms. The van der Waals surface area contributed by atoms with E-state index in [2.05, 4.69) is 5.32 Å². The average molecular weight is 269 g/mol.